The second kappa shape index (κ2) is 6.04. The Morgan fingerprint density at radius 3 is 2.55 bits per heavy atom. The number of aromatic amines is 1. The number of rotatable bonds is 2. The Hall–Kier alpha value is -2.58. The zero-order valence-electron chi connectivity index (χ0n) is 11.3. The first-order valence-corrected chi connectivity index (χ1v) is 6.01. The van der Waals surface area contributed by atoms with Crippen molar-refractivity contribution in [1.82, 2.24) is 9.55 Å². The third kappa shape index (κ3) is 3.25. The molecule has 102 valence electrons. The minimum atomic E-state index is -0.516. The second-order valence-electron chi connectivity index (χ2n) is 4.31. The SMILES string of the molecule is COCn1cc(C#Cc2ccc(C)cc2)c(=O)[nH]c1=O. The molecule has 0 aliphatic carbocycles. The lowest BCUT2D eigenvalue weighted by Crippen LogP contribution is -2.31. The number of benzene rings is 1. The Kier molecular flexibility index (Phi) is 4.18. The molecule has 1 aromatic carbocycles. The van der Waals surface area contributed by atoms with Crippen LogP contribution >= 0.6 is 0 Å². The molecule has 0 aliphatic rings. The number of aromatic nitrogens is 2. The van der Waals surface area contributed by atoms with E-state index in [1.807, 2.05) is 31.2 Å². The molecular weight excluding hydrogens is 256 g/mol. The maximum absolute atomic E-state index is 11.7. The summed E-state index contributed by atoms with van der Waals surface area (Å²) < 4.78 is 6.12. The van der Waals surface area contributed by atoms with Crippen LogP contribution in [0, 0.1) is 18.8 Å². The van der Waals surface area contributed by atoms with E-state index in [4.69, 9.17) is 4.74 Å². The molecule has 0 atom stereocenters. The molecule has 0 saturated heterocycles. The van der Waals surface area contributed by atoms with Gasteiger partial charge in [-0.15, -0.1) is 0 Å². The summed E-state index contributed by atoms with van der Waals surface area (Å²) in [5, 5.41) is 0. The van der Waals surface area contributed by atoms with Gasteiger partial charge in [0.15, 0.2) is 0 Å². The third-order valence-corrected chi connectivity index (χ3v) is 2.67. The monoisotopic (exact) mass is 270 g/mol. The molecule has 1 N–H and O–H groups in total. The van der Waals surface area contributed by atoms with Crippen molar-refractivity contribution in [2.45, 2.75) is 13.7 Å². The average Bonchev–Trinajstić information content (AvgIpc) is 2.42. The number of hydrogen-bond acceptors (Lipinski definition) is 3. The van der Waals surface area contributed by atoms with Crippen molar-refractivity contribution < 1.29 is 4.74 Å². The summed E-state index contributed by atoms with van der Waals surface area (Å²) in [5.41, 5.74) is 1.16. The summed E-state index contributed by atoms with van der Waals surface area (Å²) in [4.78, 5) is 25.3. The molecule has 0 fully saturated rings. The number of nitrogens with one attached hydrogen (secondary N) is 1. The van der Waals surface area contributed by atoms with Crippen molar-refractivity contribution in [3.63, 3.8) is 0 Å². The number of hydrogen-bond donors (Lipinski definition) is 1. The smallest absolute Gasteiger partial charge is 0.330 e. The first kappa shape index (κ1) is 13.8. The van der Waals surface area contributed by atoms with Crippen LogP contribution in [0.3, 0.4) is 0 Å². The number of H-pyrrole nitrogens is 1. The van der Waals surface area contributed by atoms with E-state index in [9.17, 15) is 9.59 Å². The predicted octanol–water partition coefficient (Wildman–Crippen LogP) is 0.849. The van der Waals surface area contributed by atoms with Crippen LogP contribution in [0.2, 0.25) is 0 Å². The van der Waals surface area contributed by atoms with Crippen LogP contribution in [0.25, 0.3) is 0 Å². The van der Waals surface area contributed by atoms with Crippen LogP contribution in [-0.4, -0.2) is 16.7 Å². The summed E-state index contributed by atoms with van der Waals surface area (Å²) in [5.74, 6) is 5.66. The molecule has 0 amide bonds. The largest absolute Gasteiger partial charge is 0.364 e. The van der Waals surface area contributed by atoms with Crippen molar-refractivity contribution in [3.05, 3.63) is 68.0 Å². The standard InChI is InChI=1S/C15H14N2O3/c1-11-3-5-12(6-4-11)7-8-13-9-17(10-20-2)15(19)16-14(13)18/h3-6,9H,10H2,1-2H3,(H,16,18,19). The number of methoxy groups -OCH3 is 1. The van der Waals surface area contributed by atoms with Gasteiger partial charge in [0.1, 0.15) is 12.3 Å². The molecule has 0 spiro atoms. The molecule has 2 rings (SSSR count). The Morgan fingerprint density at radius 2 is 1.90 bits per heavy atom. The zero-order chi connectivity index (χ0) is 14.5. The first-order chi connectivity index (χ1) is 9.60. The topological polar surface area (TPSA) is 64.1 Å². The Labute approximate surface area is 115 Å². The highest BCUT2D eigenvalue weighted by Gasteiger charge is 2.01. The molecule has 0 aliphatic heterocycles. The molecule has 1 heterocycles. The molecular formula is C15H14N2O3. The highest BCUT2D eigenvalue weighted by molar-refractivity contribution is 5.41. The van der Waals surface area contributed by atoms with Crippen molar-refractivity contribution in [2.24, 2.45) is 0 Å². The van der Waals surface area contributed by atoms with Gasteiger partial charge >= 0.3 is 5.69 Å². The maximum Gasteiger partial charge on any atom is 0.330 e. The molecule has 5 nitrogen and oxygen atoms in total. The molecule has 0 bridgehead atoms. The van der Waals surface area contributed by atoms with Gasteiger partial charge < -0.3 is 4.74 Å². The average molecular weight is 270 g/mol. The Morgan fingerprint density at radius 1 is 1.20 bits per heavy atom. The van der Waals surface area contributed by atoms with Crippen LogP contribution < -0.4 is 11.2 Å². The van der Waals surface area contributed by atoms with E-state index in [0.29, 0.717) is 0 Å². The van der Waals surface area contributed by atoms with Gasteiger partial charge in [-0.25, -0.2) is 4.79 Å². The van der Waals surface area contributed by atoms with Crippen LogP contribution in [0.5, 0.6) is 0 Å². The molecule has 1 aromatic heterocycles. The molecule has 0 saturated carbocycles. The highest BCUT2D eigenvalue weighted by atomic mass is 16.5. The van der Waals surface area contributed by atoms with E-state index >= 15 is 0 Å². The number of nitrogens with zero attached hydrogens (tertiary/aromatic N) is 1. The summed E-state index contributed by atoms with van der Waals surface area (Å²) in [6.45, 7) is 2.05. The van der Waals surface area contributed by atoms with Gasteiger partial charge in [-0.1, -0.05) is 29.5 Å². The van der Waals surface area contributed by atoms with Crippen molar-refractivity contribution in [2.75, 3.05) is 7.11 Å². The number of ether oxygens (including phenoxy) is 1. The number of aryl methyl sites for hydroxylation is 1. The minimum Gasteiger partial charge on any atom is -0.364 e. The van der Waals surface area contributed by atoms with Gasteiger partial charge in [0, 0.05) is 18.9 Å². The molecule has 0 unspecified atom stereocenters. The fourth-order valence-electron chi connectivity index (χ4n) is 1.61. The van der Waals surface area contributed by atoms with Crippen molar-refractivity contribution in [1.29, 1.82) is 0 Å². The van der Waals surface area contributed by atoms with Gasteiger partial charge in [-0.05, 0) is 19.1 Å². The zero-order valence-corrected chi connectivity index (χ0v) is 11.3. The summed E-state index contributed by atoms with van der Waals surface area (Å²) in [6, 6.07) is 7.64. The maximum atomic E-state index is 11.7. The van der Waals surface area contributed by atoms with E-state index in [-0.39, 0.29) is 12.3 Å². The van der Waals surface area contributed by atoms with Crippen LogP contribution in [0.1, 0.15) is 16.7 Å². The van der Waals surface area contributed by atoms with Crippen molar-refractivity contribution in [3.8, 4) is 11.8 Å². The lowest BCUT2D eigenvalue weighted by atomic mass is 10.1. The van der Waals surface area contributed by atoms with Gasteiger partial charge in [0.2, 0.25) is 0 Å². The molecule has 5 heteroatoms. The summed E-state index contributed by atoms with van der Waals surface area (Å²) >= 11 is 0. The van der Waals surface area contributed by atoms with Gasteiger partial charge in [-0.2, -0.15) is 0 Å². The Bertz CT molecular complexity index is 774. The molecule has 2 aromatic rings. The minimum absolute atomic E-state index is 0.0643. The summed E-state index contributed by atoms with van der Waals surface area (Å²) in [6.07, 6.45) is 1.39. The predicted molar refractivity (Wildman–Crippen MR) is 75.5 cm³/mol. The lowest BCUT2D eigenvalue weighted by molar-refractivity contribution is 0.126. The first-order valence-electron chi connectivity index (χ1n) is 6.01. The van der Waals surface area contributed by atoms with E-state index in [0.717, 1.165) is 11.1 Å². The fourth-order valence-corrected chi connectivity index (χ4v) is 1.61. The van der Waals surface area contributed by atoms with Crippen molar-refractivity contribution >= 4 is 0 Å². The van der Waals surface area contributed by atoms with Crippen LogP contribution in [0.4, 0.5) is 0 Å². The second-order valence-corrected chi connectivity index (χ2v) is 4.31. The molecule has 0 radical (unpaired) electrons. The third-order valence-electron chi connectivity index (χ3n) is 2.67. The van der Waals surface area contributed by atoms with Crippen LogP contribution in [0.15, 0.2) is 40.1 Å². The van der Waals surface area contributed by atoms with E-state index in [1.165, 1.54) is 17.9 Å². The van der Waals surface area contributed by atoms with Gasteiger partial charge in [0.25, 0.3) is 5.56 Å². The van der Waals surface area contributed by atoms with E-state index in [2.05, 4.69) is 16.8 Å². The van der Waals surface area contributed by atoms with E-state index < -0.39 is 11.2 Å². The summed E-state index contributed by atoms with van der Waals surface area (Å²) in [7, 11) is 1.47. The van der Waals surface area contributed by atoms with E-state index in [1.54, 1.807) is 0 Å². The molecule has 20 heavy (non-hydrogen) atoms. The van der Waals surface area contributed by atoms with Gasteiger partial charge in [-0.3, -0.25) is 14.3 Å². The highest BCUT2D eigenvalue weighted by Crippen LogP contribution is 2.01. The Balaban J connectivity index is 2.39. The lowest BCUT2D eigenvalue weighted by Gasteiger charge is -2.02. The quantitative estimate of drug-likeness (QED) is 0.823. The van der Waals surface area contributed by atoms with Crippen LogP contribution in [-0.2, 0) is 11.5 Å². The normalized spacial score (nSPS) is 9.90. The fraction of sp³-hybridized carbons (Fsp3) is 0.200. The van der Waals surface area contributed by atoms with Gasteiger partial charge in [0.05, 0.1) is 0 Å².